The Morgan fingerprint density at radius 2 is 1.94 bits per heavy atom. The van der Waals surface area contributed by atoms with Crippen LogP contribution in [0.4, 0.5) is 5.69 Å². The highest BCUT2D eigenvalue weighted by atomic mass is 16.5. The van der Waals surface area contributed by atoms with Crippen molar-refractivity contribution in [3.63, 3.8) is 0 Å². The first-order valence-corrected chi connectivity index (χ1v) is 6.11. The lowest BCUT2D eigenvalue weighted by Crippen LogP contribution is -2.04. The summed E-state index contributed by atoms with van der Waals surface area (Å²) in [6, 6.07) is 7.84. The molecule has 0 aliphatic carbocycles. The Kier molecular flexibility index (Phi) is 3.55. The highest BCUT2D eigenvalue weighted by Gasteiger charge is 2.08. The predicted molar refractivity (Wildman–Crippen MR) is 73.5 cm³/mol. The second kappa shape index (κ2) is 5.12. The minimum atomic E-state index is 0.523. The van der Waals surface area contributed by atoms with Crippen molar-refractivity contribution < 1.29 is 4.74 Å². The molecule has 0 fully saturated rings. The van der Waals surface area contributed by atoms with Crippen LogP contribution in [0.15, 0.2) is 24.3 Å². The number of benzene rings is 1. The van der Waals surface area contributed by atoms with Crippen LogP contribution >= 0.6 is 0 Å². The molecule has 3 N–H and O–H groups in total. The van der Waals surface area contributed by atoms with Gasteiger partial charge >= 0.3 is 0 Å². The van der Waals surface area contributed by atoms with Crippen molar-refractivity contribution in [1.29, 1.82) is 0 Å². The van der Waals surface area contributed by atoms with Crippen molar-refractivity contribution >= 4 is 5.69 Å². The van der Waals surface area contributed by atoms with Gasteiger partial charge in [-0.05, 0) is 37.1 Å². The predicted octanol–water partition coefficient (Wildman–Crippen LogP) is 3.00. The van der Waals surface area contributed by atoms with Crippen LogP contribution in [0.5, 0.6) is 5.75 Å². The molecule has 2 rings (SSSR count). The van der Waals surface area contributed by atoms with E-state index in [0.29, 0.717) is 11.6 Å². The van der Waals surface area contributed by atoms with Crippen LogP contribution in [0, 0.1) is 12.8 Å². The normalized spacial score (nSPS) is 10.9. The molecule has 0 aliphatic heterocycles. The molecule has 4 nitrogen and oxygen atoms in total. The number of hydrogen-bond acceptors (Lipinski definition) is 3. The van der Waals surface area contributed by atoms with Crippen LogP contribution in [0.25, 0.3) is 11.3 Å². The summed E-state index contributed by atoms with van der Waals surface area (Å²) in [6.45, 7) is 6.89. The number of hydrogen-bond donors (Lipinski definition) is 2. The van der Waals surface area contributed by atoms with Crippen LogP contribution in [-0.4, -0.2) is 16.8 Å². The fourth-order valence-corrected chi connectivity index (χ4v) is 1.63. The maximum atomic E-state index is 5.95. The zero-order chi connectivity index (χ0) is 13.1. The molecule has 1 aromatic heterocycles. The van der Waals surface area contributed by atoms with E-state index in [4.69, 9.17) is 10.5 Å². The molecule has 4 heteroatoms. The van der Waals surface area contributed by atoms with Gasteiger partial charge in [0, 0.05) is 5.56 Å². The summed E-state index contributed by atoms with van der Waals surface area (Å²) < 4.78 is 5.63. The molecule has 0 atom stereocenters. The van der Waals surface area contributed by atoms with Crippen LogP contribution in [0.1, 0.15) is 19.5 Å². The fraction of sp³-hybridized carbons (Fsp3) is 0.357. The molecule has 0 aliphatic rings. The number of nitrogens with two attached hydrogens (primary N) is 1. The first-order chi connectivity index (χ1) is 8.58. The molecule has 0 amide bonds. The van der Waals surface area contributed by atoms with Crippen LogP contribution in [0.2, 0.25) is 0 Å². The molecular weight excluding hydrogens is 226 g/mol. The van der Waals surface area contributed by atoms with Gasteiger partial charge in [0.15, 0.2) is 0 Å². The first kappa shape index (κ1) is 12.5. The maximum absolute atomic E-state index is 5.95. The van der Waals surface area contributed by atoms with E-state index in [1.165, 1.54) is 0 Å². The Morgan fingerprint density at radius 1 is 1.28 bits per heavy atom. The molecule has 1 heterocycles. The summed E-state index contributed by atoms with van der Waals surface area (Å²) in [4.78, 5) is 0. The van der Waals surface area contributed by atoms with Crippen molar-refractivity contribution in [3.05, 3.63) is 30.0 Å². The lowest BCUT2D eigenvalue weighted by Gasteiger charge is -2.08. The number of aryl methyl sites for hydroxylation is 1. The molecule has 0 spiro atoms. The molecule has 0 saturated heterocycles. The van der Waals surface area contributed by atoms with Crippen molar-refractivity contribution in [2.75, 3.05) is 12.3 Å². The zero-order valence-corrected chi connectivity index (χ0v) is 11.0. The number of nitrogens with one attached hydrogen (secondary N) is 1. The minimum Gasteiger partial charge on any atom is -0.493 e. The molecular formula is C14H19N3O. The molecule has 0 bridgehead atoms. The van der Waals surface area contributed by atoms with Crippen molar-refractivity contribution in [3.8, 4) is 17.0 Å². The third kappa shape index (κ3) is 2.64. The van der Waals surface area contributed by atoms with Gasteiger partial charge < -0.3 is 10.5 Å². The molecule has 0 saturated carbocycles. The highest BCUT2D eigenvalue weighted by molar-refractivity contribution is 5.74. The lowest BCUT2D eigenvalue weighted by atomic mass is 10.1. The highest BCUT2D eigenvalue weighted by Crippen LogP contribution is 2.27. The van der Waals surface area contributed by atoms with Gasteiger partial charge in [-0.1, -0.05) is 13.8 Å². The van der Waals surface area contributed by atoms with Gasteiger partial charge in [-0.2, -0.15) is 5.10 Å². The van der Waals surface area contributed by atoms with Gasteiger partial charge in [0.1, 0.15) is 11.4 Å². The number of nitrogens with zero attached hydrogens (tertiary/aromatic N) is 1. The number of rotatable bonds is 4. The number of aromatic amines is 1. The fourth-order valence-electron chi connectivity index (χ4n) is 1.63. The van der Waals surface area contributed by atoms with Gasteiger partial charge in [-0.25, -0.2) is 0 Å². The van der Waals surface area contributed by atoms with Gasteiger partial charge in [-0.3, -0.25) is 5.10 Å². The van der Waals surface area contributed by atoms with Crippen LogP contribution in [-0.2, 0) is 0 Å². The molecule has 2 aromatic rings. The number of H-pyrrole nitrogens is 1. The number of anilines is 1. The molecule has 96 valence electrons. The van der Waals surface area contributed by atoms with Crippen molar-refractivity contribution in [2.24, 2.45) is 5.92 Å². The number of nitrogen functional groups attached to an aromatic ring is 1. The molecule has 1 aromatic carbocycles. The third-order valence-electron chi connectivity index (χ3n) is 2.71. The van der Waals surface area contributed by atoms with E-state index in [9.17, 15) is 0 Å². The summed E-state index contributed by atoms with van der Waals surface area (Å²) in [5.41, 5.74) is 9.33. The molecule has 0 radical (unpaired) electrons. The largest absolute Gasteiger partial charge is 0.493 e. The Labute approximate surface area is 107 Å². The Balaban J connectivity index is 2.15. The second-order valence-electron chi connectivity index (χ2n) is 4.84. The van der Waals surface area contributed by atoms with Gasteiger partial charge in [0.05, 0.1) is 18.0 Å². The molecule has 18 heavy (non-hydrogen) atoms. The number of aromatic nitrogens is 2. The van der Waals surface area contributed by atoms with E-state index in [1.54, 1.807) is 0 Å². The third-order valence-corrected chi connectivity index (χ3v) is 2.71. The van der Waals surface area contributed by atoms with Crippen LogP contribution in [0.3, 0.4) is 0 Å². The second-order valence-corrected chi connectivity index (χ2v) is 4.84. The summed E-state index contributed by atoms with van der Waals surface area (Å²) >= 11 is 0. The smallest absolute Gasteiger partial charge is 0.119 e. The summed E-state index contributed by atoms with van der Waals surface area (Å²) in [5.74, 6) is 1.40. The van der Waals surface area contributed by atoms with E-state index in [-0.39, 0.29) is 0 Å². The Bertz CT molecular complexity index is 514. The average Bonchev–Trinajstić information content (AvgIpc) is 2.68. The average molecular weight is 245 g/mol. The molecule has 0 unspecified atom stereocenters. The first-order valence-electron chi connectivity index (χ1n) is 6.11. The van der Waals surface area contributed by atoms with Gasteiger partial charge in [0.2, 0.25) is 0 Å². The topological polar surface area (TPSA) is 63.9 Å². The van der Waals surface area contributed by atoms with Gasteiger partial charge in [-0.15, -0.1) is 0 Å². The van der Waals surface area contributed by atoms with Crippen molar-refractivity contribution in [1.82, 2.24) is 10.2 Å². The number of ether oxygens (including phenoxy) is 1. The monoisotopic (exact) mass is 245 g/mol. The van der Waals surface area contributed by atoms with Gasteiger partial charge in [0.25, 0.3) is 0 Å². The summed E-state index contributed by atoms with van der Waals surface area (Å²) in [5, 5.41) is 7.08. The summed E-state index contributed by atoms with van der Waals surface area (Å²) in [7, 11) is 0. The lowest BCUT2D eigenvalue weighted by molar-refractivity contribution is 0.271. The van der Waals surface area contributed by atoms with E-state index in [0.717, 1.165) is 29.3 Å². The maximum Gasteiger partial charge on any atom is 0.119 e. The minimum absolute atomic E-state index is 0.523. The van der Waals surface area contributed by atoms with Crippen molar-refractivity contribution in [2.45, 2.75) is 20.8 Å². The zero-order valence-electron chi connectivity index (χ0n) is 11.0. The summed E-state index contributed by atoms with van der Waals surface area (Å²) in [6.07, 6.45) is 0. The Hall–Kier alpha value is -1.97. The SMILES string of the molecule is Cc1[nH]nc(-c2ccc(OCC(C)C)cc2)c1N. The quantitative estimate of drug-likeness (QED) is 0.870. The van der Waals surface area contributed by atoms with Crippen LogP contribution < -0.4 is 10.5 Å². The standard InChI is InChI=1S/C14H19N3O/c1-9(2)8-18-12-6-4-11(5-7-12)14-13(15)10(3)16-17-14/h4-7,9H,8,15H2,1-3H3,(H,16,17). The van der Waals surface area contributed by atoms with E-state index >= 15 is 0 Å². The van der Waals surface area contributed by atoms with E-state index < -0.39 is 0 Å². The Morgan fingerprint density at radius 3 is 2.44 bits per heavy atom. The van der Waals surface area contributed by atoms with E-state index in [1.807, 2.05) is 31.2 Å². The van der Waals surface area contributed by atoms with E-state index in [2.05, 4.69) is 24.0 Å².